The van der Waals surface area contributed by atoms with Crippen LogP contribution in [-0.2, 0) is 0 Å². The van der Waals surface area contributed by atoms with Crippen LogP contribution in [0.5, 0.6) is 0 Å². The molecule has 0 N–H and O–H groups in total. The SMILES string of the molecule is Fc1cc(C#CI)c(F)c(F)c1F. The molecule has 0 amide bonds. The Morgan fingerprint density at radius 3 is 2.15 bits per heavy atom. The first kappa shape index (κ1) is 10.3. The monoisotopic (exact) mass is 300 g/mol. The lowest BCUT2D eigenvalue weighted by molar-refractivity contribution is 0.408. The highest BCUT2D eigenvalue weighted by Gasteiger charge is 2.17. The van der Waals surface area contributed by atoms with Crippen LogP contribution in [0.3, 0.4) is 0 Å². The van der Waals surface area contributed by atoms with E-state index in [-0.39, 0.29) is 0 Å². The Morgan fingerprint density at radius 1 is 1.00 bits per heavy atom. The van der Waals surface area contributed by atoms with Crippen molar-refractivity contribution in [3.8, 4) is 9.85 Å². The van der Waals surface area contributed by atoms with E-state index < -0.39 is 28.8 Å². The van der Waals surface area contributed by atoms with Gasteiger partial charge in [-0.15, -0.1) is 0 Å². The normalized spacial score (nSPS) is 9.31. The minimum absolute atomic E-state index is 0.495. The van der Waals surface area contributed by atoms with Crippen molar-refractivity contribution in [2.45, 2.75) is 0 Å². The summed E-state index contributed by atoms with van der Waals surface area (Å²) in [6.45, 7) is 0. The molecule has 0 atom stereocenters. The third-order valence-corrected chi connectivity index (χ3v) is 1.55. The fourth-order valence-corrected chi connectivity index (χ4v) is 1.01. The Balaban J connectivity index is 3.46. The van der Waals surface area contributed by atoms with Gasteiger partial charge < -0.3 is 0 Å². The van der Waals surface area contributed by atoms with Crippen LogP contribution in [-0.4, -0.2) is 0 Å². The summed E-state index contributed by atoms with van der Waals surface area (Å²) in [6.07, 6.45) is 0. The van der Waals surface area contributed by atoms with Gasteiger partial charge in [0.15, 0.2) is 23.3 Å². The van der Waals surface area contributed by atoms with Gasteiger partial charge in [-0.05, 0) is 9.99 Å². The molecule has 0 aromatic heterocycles. The molecule has 1 aromatic rings. The molecule has 13 heavy (non-hydrogen) atoms. The van der Waals surface area contributed by atoms with Crippen molar-refractivity contribution >= 4 is 22.6 Å². The standard InChI is InChI=1S/C8HF4I/c9-5-3-4(1-2-13)6(10)8(12)7(5)11/h3H. The maximum absolute atomic E-state index is 12.7. The molecule has 5 heteroatoms. The van der Waals surface area contributed by atoms with Crippen LogP contribution in [0.2, 0.25) is 0 Å². The Kier molecular flexibility index (Phi) is 3.14. The molecule has 68 valence electrons. The molecule has 0 saturated heterocycles. The molecular formula is C8HF4I. The number of benzene rings is 1. The predicted octanol–water partition coefficient (Wildman–Crippen LogP) is 2.99. The van der Waals surface area contributed by atoms with E-state index in [0.717, 1.165) is 0 Å². The van der Waals surface area contributed by atoms with Crippen LogP contribution < -0.4 is 0 Å². The lowest BCUT2D eigenvalue weighted by Gasteiger charge is -1.98. The van der Waals surface area contributed by atoms with E-state index in [1.807, 2.05) is 0 Å². The van der Waals surface area contributed by atoms with E-state index in [1.165, 1.54) is 0 Å². The van der Waals surface area contributed by atoms with E-state index in [2.05, 4.69) is 9.85 Å². The zero-order valence-electron chi connectivity index (χ0n) is 5.97. The van der Waals surface area contributed by atoms with Gasteiger partial charge in [-0.25, -0.2) is 17.6 Å². The zero-order chi connectivity index (χ0) is 10.0. The molecule has 0 aliphatic heterocycles. The van der Waals surface area contributed by atoms with Crippen LogP contribution in [0.4, 0.5) is 17.6 Å². The van der Waals surface area contributed by atoms with E-state index in [0.29, 0.717) is 6.07 Å². The van der Waals surface area contributed by atoms with Gasteiger partial charge in [0.25, 0.3) is 0 Å². The number of hydrogen-bond acceptors (Lipinski definition) is 0. The van der Waals surface area contributed by atoms with Crippen molar-refractivity contribution in [3.05, 3.63) is 34.9 Å². The number of rotatable bonds is 0. The highest BCUT2D eigenvalue weighted by molar-refractivity contribution is 14.1. The van der Waals surface area contributed by atoms with Crippen molar-refractivity contribution in [1.29, 1.82) is 0 Å². The summed E-state index contributed by atoms with van der Waals surface area (Å²) in [5.41, 5.74) is -0.495. The van der Waals surface area contributed by atoms with Gasteiger partial charge in [0.2, 0.25) is 0 Å². The van der Waals surface area contributed by atoms with Gasteiger partial charge in [-0.2, -0.15) is 0 Å². The lowest BCUT2D eigenvalue weighted by atomic mass is 10.2. The summed E-state index contributed by atoms with van der Waals surface area (Å²) in [5.74, 6) is -4.48. The van der Waals surface area contributed by atoms with Gasteiger partial charge in [0.05, 0.1) is 5.56 Å². The Hall–Kier alpha value is -0.770. The largest absolute Gasteiger partial charge is 0.204 e. The molecule has 0 bridgehead atoms. The van der Waals surface area contributed by atoms with Crippen LogP contribution in [0.25, 0.3) is 0 Å². The van der Waals surface area contributed by atoms with Crippen LogP contribution in [0.1, 0.15) is 5.56 Å². The van der Waals surface area contributed by atoms with Crippen molar-refractivity contribution in [1.82, 2.24) is 0 Å². The molecule has 0 saturated carbocycles. The second kappa shape index (κ2) is 3.96. The maximum atomic E-state index is 12.7. The first-order valence-electron chi connectivity index (χ1n) is 3.02. The maximum Gasteiger partial charge on any atom is 0.198 e. The van der Waals surface area contributed by atoms with Crippen LogP contribution in [0.15, 0.2) is 6.07 Å². The summed E-state index contributed by atoms with van der Waals surface area (Å²) in [4.78, 5) is 0. The van der Waals surface area contributed by atoms with Gasteiger partial charge in [0, 0.05) is 22.6 Å². The third kappa shape index (κ3) is 1.94. The molecule has 0 unspecified atom stereocenters. The molecule has 0 spiro atoms. The topological polar surface area (TPSA) is 0 Å². The van der Waals surface area contributed by atoms with E-state index in [4.69, 9.17) is 0 Å². The van der Waals surface area contributed by atoms with E-state index in [1.54, 1.807) is 22.6 Å². The second-order valence-corrected chi connectivity index (χ2v) is 2.61. The summed E-state index contributed by atoms with van der Waals surface area (Å²) in [5, 5.41) is 0. The minimum atomic E-state index is -1.84. The zero-order valence-corrected chi connectivity index (χ0v) is 8.12. The molecule has 0 radical (unpaired) electrons. The average molecular weight is 300 g/mol. The van der Waals surface area contributed by atoms with Crippen molar-refractivity contribution < 1.29 is 17.6 Å². The van der Waals surface area contributed by atoms with Crippen LogP contribution in [0, 0.1) is 33.1 Å². The molecule has 0 heterocycles. The lowest BCUT2D eigenvalue weighted by Crippen LogP contribution is -1.98. The molecule has 1 aromatic carbocycles. The number of halogens is 5. The highest BCUT2D eigenvalue weighted by Crippen LogP contribution is 2.17. The average Bonchev–Trinajstić information content (AvgIpc) is 2.11. The quantitative estimate of drug-likeness (QED) is 0.227. The summed E-state index contributed by atoms with van der Waals surface area (Å²) in [6, 6.07) is 0.513. The summed E-state index contributed by atoms with van der Waals surface area (Å²) in [7, 11) is 0. The first-order valence-corrected chi connectivity index (χ1v) is 4.10. The molecular weight excluding hydrogens is 299 g/mol. The Bertz CT molecular complexity index is 403. The van der Waals surface area contributed by atoms with Gasteiger partial charge in [-0.1, -0.05) is 5.92 Å². The highest BCUT2D eigenvalue weighted by atomic mass is 127. The first-order chi connectivity index (χ1) is 6.07. The van der Waals surface area contributed by atoms with E-state index in [9.17, 15) is 17.6 Å². The molecule has 0 fully saturated rings. The molecule has 0 aliphatic carbocycles. The van der Waals surface area contributed by atoms with Crippen molar-refractivity contribution in [3.63, 3.8) is 0 Å². The van der Waals surface area contributed by atoms with Gasteiger partial charge in [-0.3, -0.25) is 0 Å². The second-order valence-electron chi connectivity index (χ2n) is 2.07. The molecule has 0 nitrogen and oxygen atoms in total. The Morgan fingerprint density at radius 2 is 1.62 bits per heavy atom. The predicted molar refractivity (Wildman–Crippen MR) is 47.2 cm³/mol. The van der Waals surface area contributed by atoms with Gasteiger partial charge in [0.1, 0.15) is 0 Å². The summed E-state index contributed by atoms with van der Waals surface area (Å²) >= 11 is 1.57. The fraction of sp³-hybridized carbons (Fsp3) is 0. The molecule has 0 aliphatic rings. The van der Waals surface area contributed by atoms with Crippen molar-refractivity contribution in [2.75, 3.05) is 0 Å². The van der Waals surface area contributed by atoms with Crippen LogP contribution >= 0.6 is 22.6 Å². The van der Waals surface area contributed by atoms with E-state index >= 15 is 0 Å². The fourth-order valence-electron chi connectivity index (χ4n) is 0.715. The summed E-state index contributed by atoms with van der Waals surface area (Å²) < 4.78 is 52.3. The van der Waals surface area contributed by atoms with Gasteiger partial charge >= 0.3 is 0 Å². The minimum Gasteiger partial charge on any atom is -0.204 e. The van der Waals surface area contributed by atoms with Crippen molar-refractivity contribution in [2.24, 2.45) is 0 Å². The smallest absolute Gasteiger partial charge is 0.198 e. The number of hydrogen-bond donors (Lipinski definition) is 0. The Labute approximate surface area is 85.1 Å². The third-order valence-electron chi connectivity index (χ3n) is 1.28. The molecule has 1 rings (SSSR count).